The molecule has 0 spiro atoms. The molecule has 0 radical (unpaired) electrons. The summed E-state index contributed by atoms with van der Waals surface area (Å²) in [4.78, 5) is 0. The summed E-state index contributed by atoms with van der Waals surface area (Å²) in [7, 11) is 0. The highest BCUT2D eigenvalue weighted by Crippen LogP contribution is 2.32. The quantitative estimate of drug-likeness (QED) is 0.496. The number of aliphatic hydroxyl groups is 1. The van der Waals surface area contributed by atoms with E-state index in [1.807, 2.05) is 0 Å². The third kappa shape index (κ3) is 6.36. The van der Waals surface area contributed by atoms with Gasteiger partial charge in [0.05, 0.1) is 0 Å². The van der Waals surface area contributed by atoms with Gasteiger partial charge in [-0.3, -0.25) is 0 Å². The zero-order chi connectivity index (χ0) is 20.9. The van der Waals surface area contributed by atoms with E-state index in [2.05, 4.69) is 90.1 Å². The number of rotatable bonds is 7. The Labute approximate surface area is 177 Å². The van der Waals surface area contributed by atoms with Crippen molar-refractivity contribution in [2.24, 2.45) is 22.7 Å². The van der Waals surface area contributed by atoms with Gasteiger partial charge >= 0.3 is 0 Å². The van der Waals surface area contributed by atoms with E-state index in [1.165, 1.54) is 22.3 Å². The minimum atomic E-state index is 0.0915. The van der Waals surface area contributed by atoms with Crippen molar-refractivity contribution in [3.05, 3.63) is 59.7 Å². The molecule has 2 rings (SSSR count). The fourth-order valence-corrected chi connectivity index (χ4v) is 4.13. The summed E-state index contributed by atoms with van der Waals surface area (Å²) >= 11 is 6.26. The van der Waals surface area contributed by atoms with Crippen molar-refractivity contribution in [1.29, 1.82) is 0 Å². The van der Waals surface area contributed by atoms with Gasteiger partial charge in [0.15, 0.2) is 0 Å². The summed E-state index contributed by atoms with van der Waals surface area (Å²) in [5, 5.41) is 9.81. The minimum absolute atomic E-state index is 0.0915. The maximum absolute atomic E-state index is 9.81. The average molecular weight is 401 g/mol. The maximum atomic E-state index is 9.81. The smallest absolute Gasteiger partial charge is 0.0467 e. The lowest BCUT2D eigenvalue weighted by molar-refractivity contribution is 0.131. The van der Waals surface area contributed by atoms with Crippen molar-refractivity contribution in [2.45, 2.75) is 54.4 Å². The van der Waals surface area contributed by atoms with E-state index in [9.17, 15) is 5.11 Å². The molecule has 0 aliphatic rings. The lowest BCUT2D eigenvalue weighted by Crippen LogP contribution is -2.26. The number of hydrogen-bond donors (Lipinski definition) is 1. The molecule has 2 aromatic rings. The fraction of sp³-hybridized carbons (Fsp3) is 0.538. The minimum Gasteiger partial charge on any atom is -0.396 e. The fourth-order valence-electron chi connectivity index (χ4n) is 3.56. The molecule has 0 amide bonds. The van der Waals surface area contributed by atoms with E-state index in [1.54, 1.807) is 0 Å². The van der Waals surface area contributed by atoms with Crippen molar-refractivity contribution in [1.82, 2.24) is 0 Å². The molecule has 0 aromatic heterocycles. The lowest BCUT2D eigenvalue weighted by Gasteiger charge is -2.29. The Bertz CT molecular complexity index is 686. The van der Waals surface area contributed by atoms with Crippen molar-refractivity contribution in [2.75, 3.05) is 12.5 Å². The Balaban J connectivity index is 2.24. The van der Waals surface area contributed by atoms with Gasteiger partial charge in [-0.2, -0.15) is 0 Å². The molecule has 0 fully saturated rings. The van der Waals surface area contributed by atoms with Crippen LogP contribution in [0.5, 0.6) is 0 Å². The van der Waals surface area contributed by atoms with Gasteiger partial charge in [0, 0.05) is 12.5 Å². The van der Waals surface area contributed by atoms with Gasteiger partial charge in [0.25, 0.3) is 0 Å². The van der Waals surface area contributed by atoms with Crippen LogP contribution in [-0.2, 0) is 12.8 Å². The third-order valence-corrected chi connectivity index (χ3v) is 6.38. The van der Waals surface area contributed by atoms with Gasteiger partial charge in [-0.25, -0.2) is 0 Å². The van der Waals surface area contributed by atoms with Crippen LogP contribution in [0.25, 0.3) is 11.1 Å². The van der Waals surface area contributed by atoms with Crippen molar-refractivity contribution in [3.63, 3.8) is 0 Å². The molecule has 0 aliphatic carbocycles. The molecule has 0 saturated carbocycles. The van der Waals surface area contributed by atoms with Crippen LogP contribution < -0.4 is 0 Å². The number of aliphatic hydroxyl groups excluding tert-OH is 1. The van der Waals surface area contributed by atoms with Crippen LogP contribution in [0.2, 0.25) is 0 Å². The highest BCUT2D eigenvalue weighted by atomic mass is 35.5. The van der Waals surface area contributed by atoms with Gasteiger partial charge in [-0.15, -0.1) is 11.6 Å². The SMILES string of the molecule is CC(C)(C)C(CO)Cc1cccc(-c2cccc(CC(CCl)C(C)(C)C)c2)c1. The Hall–Kier alpha value is -1.31. The first kappa shape index (κ1) is 23.0. The number of hydrogen-bond acceptors (Lipinski definition) is 1. The zero-order valence-electron chi connectivity index (χ0n) is 18.4. The van der Waals surface area contributed by atoms with E-state index in [0.717, 1.165) is 12.8 Å². The molecule has 2 aromatic carbocycles. The molecule has 1 nitrogen and oxygen atoms in total. The van der Waals surface area contributed by atoms with Crippen LogP contribution in [0.15, 0.2) is 48.5 Å². The van der Waals surface area contributed by atoms with E-state index in [0.29, 0.717) is 11.8 Å². The molecule has 0 aliphatic heterocycles. The van der Waals surface area contributed by atoms with Crippen LogP contribution in [0, 0.1) is 22.7 Å². The standard InChI is InChI=1S/C26H37ClO/c1-25(2,3)23(17-27)15-19-9-7-11-21(13-19)22-12-8-10-20(14-22)16-24(18-28)26(4,5)6/h7-14,23-24,28H,15-18H2,1-6H3. The first-order valence-corrected chi connectivity index (χ1v) is 10.9. The summed E-state index contributed by atoms with van der Waals surface area (Å²) < 4.78 is 0. The Morgan fingerprint density at radius 3 is 1.54 bits per heavy atom. The second-order valence-electron chi connectivity index (χ2n) is 10.3. The van der Waals surface area contributed by atoms with Gasteiger partial charge in [0.1, 0.15) is 0 Å². The number of halogens is 1. The van der Waals surface area contributed by atoms with Crippen LogP contribution in [-0.4, -0.2) is 17.6 Å². The van der Waals surface area contributed by atoms with Crippen molar-refractivity contribution >= 4 is 11.6 Å². The molecule has 154 valence electrons. The summed E-state index contributed by atoms with van der Waals surface area (Å²) in [6.45, 7) is 13.6. The molecule has 0 saturated heterocycles. The maximum Gasteiger partial charge on any atom is 0.0467 e. The lowest BCUT2D eigenvalue weighted by atomic mass is 9.77. The number of benzene rings is 2. The van der Waals surface area contributed by atoms with E-state index < -0.39 is 0 Å². The Morgan fingerprint density at radius 2 is 1.18 bits per heavy atom. The molecule has 0 bridgehead atoms. The molecule has 1 N–H and O–H groups in total. The molecular formula is C26H37ClO. The largest absolute Gasteiger partial charge is 0.396 e. The normalized spacial score (nSPS) is 14.7. The Kier molecular flexibility index (Phi) is 7.76. The van der Waals surface area contributed by atoms with Crippen molar-refractivity contribution in [3.8, 4) is 11.1 Å². The van der Waals surface area contributed by atoms with Gasteiger partial charge in [-0.1, -0.05) is 90.1 Å². The number of alkyl halides is 1. The summed E-state index contributed by atoms with van der Waals surface area (Å²) in [6.07, 6.45) is 1.89. The molecular weight excluding hydrogens is 364 g/mol. The summed E-state index contributed by atoms with van der Waals surface area (Å²) in [6, 6.07) is 17.6. The summed E-state index contributed by atoms with van der Waals surface area (Å²) in [5.74, 6) is 1.39. The van der Waals surface area contributed by atoms with Crippen LogP contribution in [0.1, 0.15) is 52.7 Å². The monoisotopic (exact) mass is 400 g/mol. The Morgan fingerprint density at radius 1 is 0.750 bits per heavy atom. The second-order valence-corrected chi connectivity index (χ2v) is 10.6. The second kappa shape index (κ2) is 9.46. The molecule has 0 heterocycles. The van der Waals surface area contributed by atoms with E-state index in [-0.39, 0.29) is 23.4 Å². The van der Waals surface area contributed by atoms with Gasteiger partial charge < -0.3 is 5.11 Å². The first-order valence-electron chi connectivity index (χ1n) is 10.4. The van der Waals surface area contributed by atoms with E-state index in [4.69, 9.17) is 11.6 Å². The molecule has 2 heteroatoms. The highest BCUT2D eigenvalue weighted by Gasteiger charge is 2.25. The highest BCUT2D eigenvalue weighted by molar-refractivity contribution is 6.18. The first-order chi connectivity index (χ1) is 13.0. The molecule has 28 heavy (non-hydrogen) atoms. The molecule has 2 atom stereocenters. The van der Waals surface area contributed by atoms with Crippen LogP contribution in [0.3, 0.4) is 0 Å². The average Bonchev–Trinajstić information content (AvgIpc) is 2.62. The topological polar surface area (TPSA) is 20.2 Å². The van der Waals surface area contributed by atoms with E-state index >= 15 is 0 Å². The third-order valence-electron chi connectivity index (χ3n) is 6.01. The molecule has 2 unspecified atom stereocenters. The van der Waals surface area contributed by atoms with Crippen LogP contribution in [0.4, 0.5) is 0 Å². The van der Waals surface area contributed by atoms with Crippen molar-refractivity contribution < 1.29 is 5.11 Å². The van der Waals surface area contributed by atoms with Crippen LogP contribution >= 0.6 is 11.6 Å². The predicted octanol–water partition coefficient (Wildman–Crippen LogP) is 6.99. The van der Waals surface area contributed by atoms with Gasteiger partial charge in [0.2, 0.25) is 0 Å². The summed E-state index contributed by atoms with van der Waals surface area (Å²) in [5.41, 5.74) is 5.40. The predicted molar refractivity (Wildman–Crippen MR) is 123 cm³/mol. The zero-order valence-corrected chi connectivity index (χ0v) is 19.2. The van der Waals surface area contributed by atoms with Gasteiger partial charge in [-0.05, 0) is 57.8 Å².